The number of benzene rings is 2. The standard InChI is InChI=1S/C17H18N6/c1-2-23-14-8-7-12(16(20)21)9-13(14)22-17(23)11-5-3-10(4-6-11)15(18)19/h3-9H,2H2,1H3,(H3,18,19)(H3,20,21). The van der Waals surface area contributed by atoms with E-state index in [1.807, 2.05) is 42.5 Å². The Morgan fingerprint density at radius 3 is 2.17 bits per heavy atom. The minimum atomic E-state index is 0.0327. The van der Waals surface area contributed by atoms with Gasteiger partial charge in [-0.25, -0.2) is 4.98 Å². The van der Waals surface area contributed by atoms with Crippen LogP contribution < -0.4 is 11.5 Å². The summed E-state index contributed by atoms with van der Waals surface area (Å²) in [5, 5.41) is 15.0. The Hall–Kier alpha value is -3.15. The van der Waals surface area contributed by atoms with Crippen molar-refractivity contribution in [2.75, 3.05) is 0 Å². The lowest BCUT2D eigenvalue weighted by molar-refractivity contribution is 0.796. The van der Waals surface area contributed by atoms with Crippen molar-refractivity contribution in [3.05, 3.63) is 53.6 Å². The first-order chi connectivity index (χ1) is 11.0. The number of amidine groups is 2. The largest absolute Gasteiger partial charge is 0.384 e. The summed E-state index contributed by atoms with van der Waals surface area (Å²) in [4.78, 5) is 4.70. The summed E-state index contributed by atoms with van der Waals surface area (Å²) in [6.45, 7) is 2.84. The van der Waals surface area contributed by atoms with Gasteiger partial charge in [-0.1, -0.05) is 24.3 Å². The van der Waals surface area contributed by atoms with Gasteiger partial charge in [-0.3, -0.25) is 10.8 Å². The van der Waals surface area contributed by atoms with Crippen LogP contribution in [0, 0.1) is 10.8 Å². The van der Waals surface area contributed by atoms with E-state index in [1.54, 1.807) is 0 Å². The molecule has 6 heteroatoms. The third-order valence-corrected chi connectivity index (χ3v) is 3.83. The molecule has 3 aromatic rings. The summed E-state index contributed by atoms with van der Waals surface area (Å²) in [6.07, 6.45) is 0. The highest BCUT2D eigenvalue weighted by atomic mass is 15.1. The monoisotopic (exact) mass is 306 g/mol. The van der Waals surface area contributed by atoms with Gasteiger partial charge in [0.05, 0.1) is 11.0 Å². The molecule has 0 saturated carbocycles. The van der Waals surface area contributed by atoms with Gasteiger partial charge in [0.2, 0.25) is 0 Å². The van der Waals surface area contributed by atoms with Crippen LogP contribution in [0.1, 0.15) is 18.1 Å². The van der Waals surface area contributed by atoms with Gasteiger partial charge in [0, 0.05) is 23.2 Å². The number of hydrogen-bond donors (Lipinski definition) is 4. The van der Waals surface area contributed by atoms with Crippen molar-refractivity contribution in [3.8, 4) is 11.4 Å². The van der Waals surface area contributed by atoms with E-state index < -0.39 is 0 Å². The first-order valence-corrected chi connectivity index (χ1v) is 7.30. The van der Waals surface area contributed by atoms with E-state index in [9.17, 15) is 0 Å². The minimum Gasteiger partial charge on any atom is -0.384 e. The molecule has 1 aromatic heterocycles. The molecule has 0 atom stereocenters. The number of nitrogens with two attached hydrogens (primary N) is 2. The van der Waals surface area contributed by atoms with Crippen LogP contribution in [0.2, 0.25) is 0 Å². The zero-order valence-electron chi connectivity index (χ0n) is 12.8. The third-order valence-electron chi connectivity index (χ3n) is 3.83. The third kappa shape index (κ3) is 2.55. The van der Waals surface area contributed by atoms with Gasteiger partial charge >= 0.3 is 0 Å². The molecular weight excluding hydrogens is 288 g/mol. The Kier molecular flexibility index (Phi) is 3.57. The molecule has 3 rings (SSSR count). The van der Waals surface area contributed by atoms with Crippen LogP contribution in [0.3, 0.4) is 0 Å². The predicted octanol–water partition coefficient (Wildman–Crippen LogP) is 2.29. The van der Waals surface area contributed by atoms with Crippen LogP contribution in [-0.2, 0) is 6.54 Å². The van der Waals surface area contributed by atoms with Crippen molar-refractivity contribution < 1.29 is 0 Å². The molecule has 0 unspecified atom stereocenters. The van der Waals surface area contributed by atoms with Gasteiger partial charge in [0.1, 0.15) is 17.5 Å². The Bertz CT molecular complexity index is 905. The number of nitrogen functional groups attached to an aromatic ring is 2. The van der Waals surface area contributed by atoms with Crippen LogP contribution in [-0.4, -0.2) is 21.2 Å². The average Bonchev–Trinajstić information content (AvgIpc) is 2.92. The first kappa shape index (κ1) is 14.8. The molecule has 0 bridgehead atoms. The van der Waals surface area contributed by atoms with Gasteiger partial charge in [-0.15, -0.1) is 0 Å². The fourth-order valence-electron chi connectivity index (χ4n) is 2.64. The number of aryl methyl sites for hydroxylation is 1. The molecule has 6 nitrogen and oxygen atoms in total. The molecule has 1 heterocycles. The second-order valence-electron chi connectivity index (χ2n) is 5.29. The van der Waals surface area contributed by atoms with Crippen molar-refractivity contribution in [1.29, 1.82) is 10.8 Å². The lowest BCUT2D eigenvalue weighted by atomic mass is 10.1. The van der Waals surface area contributed by atoms with E-state index in [-0.39, 0.29) is 11.7 Å². The minimum absolute atomic E-state index is 0.0327. The molecule has 0 aliphatic rings. The zero-order valence-corrected chi connectivity index (χ0v) is 12.8. The molecule has 0 aliphatic heterocycles. The fourth-order valence-corrected chi connectivity index (χ4v) is 2.64. The van der Waals surface area contributed by atoms with Crippen LogP contribution in [0.25, 0.3) is 22.4 Å². The molecule has 116 valence electrons. The molecule has 0 aliphatic carbocycles. The van der Waals surface area contributed by atoms with Crippen LogP contribution in [0.4, 0.5) is 0 Å². The molecule has 2 aromatic carbocycles. The summed E-state index contributed by atoms with van der Waals surface area (Å²) in [5.41, 5.74) is 15.2. The molecule has 23 heavy (non-hydrogen) atoms. The lowest BCUT2D eigenvalue weighted by Crippen LogP contribution is -2.10. The number of nitrogens with one attached hydrogen (secondary N) is 2. The number of aromatic nitrogens is 2. The van der Waals surface area contributed by atoms with Crippen molar-refractivity contribution >= 4 is 22.7 Å². The predicted molar refractivity (Wildman–Crippen MR) is 92.9 cm³/mol. The quantitative estimate of drug-likeness (QED) is 0.437. The molecule has 0 spiro atoms. The molecule has 6 N–H and O–H groups in total. The van der Waals surface area contributed by atoms with Crippen molar-refractivity contribution in [3.63, 3.8) is 0 Å². The van der Waals surface area contributed by atoms with E-state index in [4.69, 9.17) is 27.3 Å². The number of hydrogen-bond acceptors (Lipinski definition) is 3. The Morgan fingerprint density at radius 1 is 1.00 bits per heavy atom. The first-order valence-electron chi connectivity index (χ1n) is 7.30. The fraction of sp³-hybridized carbons (Fsp3) is 0.118. The summed E-state index contributed by atoms with van der Waals surface area (Å²) in [7, 11) is 0. The van der Waals surface area contributed by atoms with Gasteiger partial charge in [-0.05, 0) is 25.1 Å². The van der Waals surface area contributed by atoms with Gasteiger partial charge in [0.25, 0.3) is 0 Å². The van der Waals surface area contributed by atoms with Gasteiger partial charge in [0.15, 0.2) is 0 Å². The normalized spacial score (nSPS) is 10.8. The maximum absolute atomic E-state index is 7.56. The van der Waals surface area contributed by atoms with Crippen molar-refractivity contribution in [1.82, 2.24) is 9.55 Å². The van der Waals surface area contributed by atoms with E-state index in [2.05, 4.69) is 11.5 Å². The van der Waals surface area contributed by atoms with Gasteiger partial charge in [-0.2, -0.15) is 0 Å². The number of fused-ring (bicyclic) bond motifs is 1. The highest BCUT2D eigenvalue weighted by Crippen LogP contribution is 2.25. The smallest absolute Gasteiger partial charge is 0.141 e. The maximum Gasteiger partial charge on any atom is 0.141 e. The van der Waals surface area contributed by atoms with E-state index in [0.717, 1.165) is 29.0 Å². The highest BCUT2D eigenvalue weighted by Gasteiger charge is 2.12. The molecule has 0 amide bonds. The van der Waals surface area contributed by atoms with E-state index in [1.165, 1.54) is 0 Å². The summed E-state index contributed by atoms with van der Waals surface area (Å²) >= 11 is 0. The second-order valence-corrected chi connectivity index (χ2v) is 5.29. The Balaban J connectivity index is 2.16. The number of imidazole rings is 1. The maximum atomic E-state index is 7.56. The van der Waals surface area contributed by atoms with Crippen LogP contribution in [0.15, 0.2) is 42.5 Å². The second kappa shape index (κ2) is 5.57. The summed E-state index contributed by atoms with van der Waals surface area (Å²) in [6, 6.07) is 13.1. The topological polar surface area (TPSA) is 118 Å². The van der Waals surface area contributed by atoms with E-state index >= 15 is 0 Å². The molecule has 0 saturated heterocycles. The zero-order chi connectivity index (χ0) is 16.6. The van der Waals surface area contributed by atoms with Crippen molar-refractivity contribution in [2.24, 2.45) is 11.5 Å². The van der Waals surface area contributed by atoms with Gasteiger partial charge < -0.3 is 16.0 Å². The SMILES string of the molecule is CCn1c(-c2ccc(C(=N)N)cc2)nc2cc(C(=N)N)ccc21. The average molecular weight is 306 g/mol. The van der Waals surface area contributed by atoms with Crippen LogP contribution in [0.5, 0.6) is 0 Å². The molecule has 0 fully saturated rings. The summed E-state index contributed by atoms with van der Waals surface area (Å²) < 4.78 is 2.11. The lowest BCUT2D eigenvalue weighted by Gasteiger charge is -2.07. The van der Waals surface area contributed by atoms with E-state index in [0.29, 0.717) is 11.1 Å². The highest BCUT2D eigenvalue weighted by molar-refractivity contribution is 5.98. The summed E-state index contributed by atoms with van der Waals surface area (Å²) in [5.74, 6) is 0.926. The molecular formula is C17H18N6. The van der Waals surface area contributed by atoms with Crippen LogP contribution >= 0.6 is 0 Å². The Morgan fingerprint density at radius 2 is 1.61 bits per heavy atom. The molecule has 0 radical (unpaired) electrons. The van der Waals surface area contributed by atoms with Crippen molar-refractivity contribution in [2.45, 2.75) is 13.5 Å². The number of rotatable bonds is 4. The number of nitrogens with zero attached hydrogens (tertiary/aromatic N) is 2. The Labute approximate surface area is 133 Å².